The third-order valence-electron chi connectivity index (χ3n) is 1.82. The highest BCUT2D eigenvalue weighted by Crippen LogP contribution is 2.14. The Bertz CT molecular complexity index is 479. The van der Waals surface area contributed by atoms with Gasteiger partial charge in [-0.2, -0.15) is 8.42 Å². The standard InChI is InChI=1S/C11H14O4S/c1-11(2,3)15-10(12)8-4-6-9(7-5-8)16(13)14/h4-6H,7H2,1-3H3. The number of hydrogen-bond donors (Lipinski definition) is 0. The largest absolute Gasteiger partial charge is 0.456 e. The molecule has 1 aliphatic carbocycles. The van der Waals surface area contributed by atoms with E-state index < -0.39 is 21.9 Å². The molecule has 88 valence electrons. The third kappa shape index (κ3) is 3.66. The minimum Gasteiger partial charge on any atom is -0.456 e. The number of esters is 1. The molecule has 16 heavy (non-hydrogen) atoms. The highest BCUT2D eigenvalue weighted by molar-refractivity contribution is 7.73. The molecule has 0 aromatic heterocycles. The molecule has 0 aromatic carbocycles. The van der Waals surface area contributed by atoms with Gasteiger partial charge in [-0.25, -0.2) is 4.79 Å². The Morgan fingerprint density at radius 2 is 1.94 bits per heavy atom. The van der Waals surface area contributed by atoms with Crippen molar-refractivity contribution in [1.29, 1.82) is 0 Å². The fourth-order valence-corrected chi connectivity index (χ4v) is 1.54. The Labute approximate surface area is 96.1 Å². The highest BCUT2D eigenvalue weighted by Gasteiger charge is 2.19. The van der Waals surface area contributed by atoms with Crippen LogP contribution in [0.25, 0.3) is 0 Å². The smallest absolute Gasteiger partial charge is 0.338 e. The molecule has 0 aliphatic heterocycles. The van der Waals surface area contributed by atoms with E-state index in [-0.39, 0.29) is 11.3 Å². The minimum absolute atomic E-state index is 0.237. The third-order valence-corrected chi connectivity index (χ3v) is 2.55. The van der Waals surface area contributed by atoms with Gasteiger partial charge in [0.15, 0.2) is 0 Å². The average Bonchev–Trinajstić information content (AvgIpc) is 2.15. The zero-order valence-electron chi connectivity index (χ0n) is 9.48. The molecule has 0 atom stereocenters. The number of hydrogen-bond acceptors (Lipinski definition) is 4. The lowest BCUT2D eigenvalue weighted by Gasteiger charge is -2.20. The van der Waals surface area contributed by atoms with Gasteiger partial charge in [-0.15, -0.1) is 0 Å². The van der Waals surface area contributed by atoms with Crippen molar-refractivity contribution in [2.24, 2.45) is 0 Å². The minimum atomic E-state index is -2.22. The molecule has 0 N–H and O–H groups in total. The summed E-state index contributed by atoms with van der Waals surface area (Å²) in [6.07, 6.45) is 4.67. The average molecular weight is 242 g/mol. The summed E-state index contributed by atoms with van der Waals surface area (Å²) in [5, 5.41) is 0. The maximum absolute atomic E-state index is 11.6. The van der Waals surface area contributed by atoms with E-state index in [1.165, 1.54) is 12.2 Å². The lowest BCUT2D eigenvalue weighted by molar-refractivity contribution is -0.149. The van der Waals surface area contributed by atoms with E-state index in [0.717, 1.165) is 0 Å². The Morgan fingerprint density at radius 3 is 2.31 bits per heavy atom. The molecule has 0 saturated carbocycles. The van der Waals surface area contributed by atoms with Crippen LogP contribution in [-0.4, -0.2) is 24.9 Å². The first kappa shape index (κ1) is 12.7. The Hall–Kier alpha value is -1.36. The topological polar surface area (TPSA) is 60.4 Å². The van der Waals surface area contributed by atoms with Crippen LogP contribution < -0.4 is 0 Å². The molecule has 0 spiro atoms. The van der Waals surface area contributed by atoms with E-state index in [0.29, 0.717) is 5.57 Å². The molecular weight excluding hydrogens is 228 g/mol. The number of carbonyl (C=O) groups excluding carboxylic acids is 1. The maximum atomic E-state index is 11.6. The van der Waals surface area contributed by atoms with Crippen LogP contribution in [0.1, 0.15) is 27.2 Å². The van der Waals surface area contributed by atoms with Crippen molar-refractivity contribution >= 4 is 21.1 Å². The summed E-state index contributed by atoms with van der Waals surface area (Å²) >= 11 is 0. The molecule has 0 unspecified atom stereocenters. The van der Waals surface area contributed by atoms with Crippen molar-refractivity contribution in [1.82, 2.24) is 0 Å². The van der Waals surface area contributed by atoms with E-state index in [2.05, 4.69) is 0 Å². The number of ether oxygens (including phenoxy) is 1. The van der Waals surface area contributed by atoms with Gasteiger partial charge in [0, 0.05) is 6.42 Å². The molecular formula is C11H14O4S. The van der Waals surface area contributed by atoms with Crippen molar-refractivity contribution in [3.05, 3.63) is 23.8 Å². The summed E-state index contributed by atoms with van der Waals surface area (Å²) in [5.41, 5.74) is -0.152. The van der Waals surface area contributed by atoms with Gasteiger partial charge < -0.3 is 4.74 Å². The first-order valence-corrected chi connectivity index (χ1v) is 5.94. The van der Waals surface area contributed by atoms with Crippen LogP contribution in [0.3, 0.4) is 0 Å². The van der Waals surface area contributed by atoms with E-state index in [1.807, 2.05) is 0 Å². The van der Waals surface area contributed by atoms with Gasteiger partial charge in [-0.1, -0.05) is 6.08 Å². The number of allylic oxidation sites excluding steroid dienone is 2. The molecule has 0 radical (unpaired) electrons. The number of rotatable bonds is 1. The number of carbonyl (C=O) groups is 1. The molecule has 0 fully saturated rings. The summed E-state index contributed by atoms with van der Waals surface area (Å²) in [6, 6.07) is 0. The molecule has 0 saturated heterocycles. The van der Waals surface area contributed by atoms with E-state index >= 15 is 0 Å². The second kappa shape index (κ2) is 4.65. The second-order valence-corrected chi connectivity index (χ2v) is 5.39. The van der Waals surface area contributed by atoms with Crippen molar-refractivity contribution < 1.29 is 17.9 Å². The van der Waals surface area contributed by atoms with Gasteiger partial charge in [0.05, 0.1) is 10.4 Å². The Kier molecular flexibility index (Phi) is 3.70. The van der Waals surface area contributed by atoms with Crippen LogP contribution in [0.15, 0.2) is 23.8 Å². The molecule has 4 nitrogen and oxygen atoms in total. The van der Waals surface area contributed by atoms with Crippen LogP contribution in [0.4, 0.5) is 0 Å². The zero-order chi connectivity index (χ0) is 12.3. The zero-order valence-corrected chi connectivity index (χ0v) is 10.3. The van der Waals surface area contributed by atoms with E-state index in [1.54, 1.807) is 26.8 Å². The van der Waals surface area contributed by atoms with Crippen LogP contribution in [0.5, 0.6) is 0 Å². The Morgan fingerprint density at radius 1 is 1.31 bits per heavy atom. The predicted molar refractivity (Wildman–Crippen MR) is 61.6 cm³/mol. The highest BCUT2D eigenvalue weighted by atomic mass is 32.2. The van der Waals surface area contributed by atoms with Gasteiger partial charge in [0.1, 0.15) is 5.60 Å². The fraction of sp³-hybridized carbons (Fsp3) is 0.455. The summed E-state index contributed by atoms with van der Waals surface area (Å²) in [4.78, 5) is 11.9. The summed E-state index contributed by atoms with van der Waals surface area (Å²) < 4.78 is 26.4. The maximum Gasteiger partial charge on any atom is 0.338 e. The summed E-state index contributed by atoms with van der Waals surface area (Å²) in [7, 11) is -2.22. The molecule has 0 bridgehead atoms. The lowest BCUT2D eigenvalue weighted by atomic mass is 10.1. The summed E-state index contributed by atoms with van der Waals surface area (Å²) in [5.74, 6) is -0.431. The van der Waals surface area contributed by atoms with E-state index in [9.17, 15) is 13.2 Å². The Balaban J connectivity index is 2.78. The quantitative estimate of drug-likeness (QED) is 0.513. The SMILES string of the molecule is CC(C)(C)OC(=O)C1=CCC(=S(=O)=O)C=C1. The fourth-order valence-electron chi connectivity index (χ4n) is 1.14. The van der Waals surface area contributed by atoms with Gasteiger partial charge >= 0.3 is 5.97 Å². The lowest BCUT2D eigenvalue weighted by Crippen LogP contribution is -2.25. The van der Waals surface area contributed by atoms with Crippen LogP contribution in [0, 0.1) is 0 Å². The first-order chi connectivity index (χ1) is 7.29. The molecule has 1 aliphatic rings. The van der Waals surface area contributed by atoms with Gasteiger partial charge in [0.2, 0.25) is 10.3 Å². The van der Waals surface area contributed by atoms with Gasteiger partial charge in [0.25, 0.3) is 0 Å². The molecule has 0 amide bonds. The van der Waals surface area contributed by atoms with Crippen molar-refractivity contribution in [3.63, 3.8) is 0 Å². The van der Waals surface area contributed by atoms with Gasteiger partial charge in [-0.05, 0) is 32.9 Å². The van der Waals surface area contributed by atoms with Crippen molar-refractivity contribution in [2.45, 2.75) is 32.8 Å². The predicted octanol–water partition coefficient (Wildman–Crippen LogP) is 1.27. The van der Waals surface area contributed by atoms with Crippen LogP contribution in [-0.2, 0) is 19.8 Å². The van der Waals surface area contributed by atoms with E-state index in [4.69, 9.17) is 4.74 Å². The monoisotopic (exact) mass is 242 g/mol. The van der Waals surface area contributed by atoms with Crippen molar-refractivity contribution in [2.75, 3.05) is 0 Å². The molecule has 0 aromatic rings. The van der Waals surface area contributed by atoms with Crippen LogP contribution >= 0.6 is 0 Å². The normalized spacial score (nSPS) is 15.7. The molecule has 1 rings (SSSR count). The molecule has 0 heterocycles. The molecule has 5 heteroatoms. The van der Waals surface area contributed by atoms with Crippen molar-refractivity contribution in [3.8, 4) is 0 Å². The second-order valence-electron chi connectivity index (χ2n) is 4.40. The first-order valence-electron chi connectivity index (χ1n) is 4.86. The van der Waals surface area contributed by atoms with Crippen LogP contribution in [0.2, 0.25) is 0 Å². The summed E-state index contributed by atoms with van der Waals surface area (Å²) in [6.45, 7) is 5.34. The van der Waals surface area contributed by atoms with Gasteiger partial charge in [-0.3, -0.25) is 0 Å².